The summed E-state index contributed by atoms with van der Waals surface area (Å²) in [6.45, 7) is 3.03. The molecule has 0 aromatic heterocycles. The van der Waals surface area contributed by atoms with Crippen LogP contribution in [0.5, 0.6) is 0 Å². The Morgan fingerprint density at radius 3 is 2.19 bits per heavy atom. The van der Waals surface area contributed by atoms with Crippen LogP contribution >= 0.6 is 24.8 Å². The number of halogens is 6. The molecule has 1 atom stereocenters. The van der Waals surface area contributed by atoms with Gasteiger partial charge in [0.1, 0.15) is 5.82 Å². The van der Waals surface area contributed by atoms with Crippen LogP contribution in [0.3, 0.4) is 0 Å². The van der Waals surface area contributed by atoms with E-state index in [0.29, 0.717) is 6.07 Å². The van der Waals surface area contributed by atoms with Crippen LogP contribution in [-0.4, -0.2) is 31.1 Å². The van der Waals surface area contributed by atoms with Gasteiger partial charge in [0.2, 0.25) is 0 Å². The lowest BCUT2D eigenvalue weighted by molar-refractivity contribution is -0.139. The third kappa shape index (κ3) is 5.47. The Labute approximate surface area is 164 Å². The van der Waals surface area contributed by atoms with E-state index >= 15 is 0 Å². The third-order valence-corrected chi connectivity index (χ3v) is 5.28. The molecule has 1 N–H and O–H groups in total. The molecule has 0 amide bonds. The second-order valence-electron chi connectivity index (χ2n) is 6.86. The van der Waals surface area contributed by atoms with Gasteiger partial charge in [-0.3, -0.25) is 4.90 Å². The highest BCUT2D eigenvalue weighted by molar-refractivity contribution is 5.85. The molecule has 3 rings (SSSR count). The zero-order valence-electron chi connectivity index (χ0n) is 14.5. The fourth-order valence-corrected chi connectivity index (χ4v) is 4.19. The molecule has 1 saturated heterocycles. The second kappa shape index (κ2) is 10.1. The van der Waals surface area contributed by atoms with E-state index in [0.717, 1.165) is 58.3 Å². The lowest BCUT2D eigenvalue weighted by Crippen LogP contribution is -2.47. The Balaban J connectivity index is 0.00000169. The van der Waals surface area contributed by atoms with Gasteiger partial charge >= 0.3 is 6.18 Å². The third-order valence-electron chi connectivity index (χ3n) is 5.28. The molecule has 1 saturated carbocycles. The number of hydrogen-bond acceptors (Lipinski definition) is 2. The quantitative estimate of drug-likeness (QED) is 0.679. The topological polar surface area (TPSA) is 15.3 Å². The molecule has 0 radical (unpaired) electrons. The van der Waals surface area contributed by atoms with E-state index < -0.39 is 17.6 Å². The van der Waals surface area contributed by atoms with Gasteiger partial charge in [0.15, 0.2) is 0 Å². The summed E-state index contributed by atoms with van der Waals surface area (Å²) in [6.07, 6.45) is 0.650. The SMILES string of the molecule is Cl.Cl.Fc1ccc([C@@H](C2CCCCC2)N2CCNCC2)c(C(F)(F)F)c1. The lowest BCUT2D eigenvalue weighted by Gasteiger charge is -2.42. The van der Waals surface area contributed by atoms with Gasteiger partial charge < -0.3 is 5.32 Å². The maximum absolute atomic E-state index is 13.5. The Morgan fingerprint density at radius 1 is 1.00 bits per heavy atom. The van der Waals surface area contributed by atoms with Crippen molar-refractivity contribution in [2.75, 3.05) is 26.2 Å². The summed E-state index contributed by atoms with van der Waals surface area (Å²) in [5, 5.41) is 3.25. The largest absolute Gasteiger partial charge is 0.416 e. The molecule has 1 aromatic rings. The maximum Gasteiger partial charge on any atom is 0.416 e. The molecule has 2 fully saturated rings. The second-order valence-corrected chi connectivity index (χ2v) is 6.86. The predicted octanol–water partition coefficient (Wildman–Crippen LogP) is 5.21. The first-order valence-electron chi connectivity index (χ1n) is 8.78. The summed E-state index contributed by atoms with van der Waals surface area (Å²) < 4.78 is 54.1. The van der Waals surface area contributed by atoms with Crippen LogP contribution in [0.4, 0.5) is 17.6 Å². The molecule has 150 valence electrons. The van der Waals surface area contributed by atoms with E-state index in [1.165, 1.54) is 12.1 Å². The van der Waals surface area contributed by atoms with Crippen LogP contribution in [0, 0.1) is 11.7 Å². The number of alkyl halides is 3. The van der Waals surface area contributed by atoms with E-state index in [1.54, 1.807) is 0 Å². The van der Waals surface area contributed by atoms with Crippen molar-refractivity contribution in [1.82, 2.24) is 10.2 Å². The summed E-state index contributed by atoms with van der Waals surface area (Å²) in [7, 11) is 0. The fourth-order valence-electron chi connectivity index (χ4n) is 4.19. The molecule has 2 aliphatic rings. The molecular formula is C18H26Cl2F4N2. The lowest BCUT2D eigenvalue weighted by atomic mass is 9.79. The van der Waals surface area contributed by atoms with E-state index in [1.807, 2.05) is 0 Å². The van der Waals surface area contributed by atoms with Gasteiger partial charge in [0, 0.05) is 32.2 Å². The first-order chi connectivity index (χ1) is 11.5. The standard InChI is InChI=1S/C18H24F4N2.2ClH/c19-14-6-7-15(16(12-14)18(20,21)22)17(13-4-2-1-3-5-13)24-10-8-23-9-11-24;;/h6-7,12-13,17,23H,1-5,8-11H2;2*1H/t17-;;/m1../s1. The Morgan fingerprint density at radius 2 is 1.62 bits per heavy atom. The first kappa shape index (κ1) is 23.5. The maximum atomic E-state index is 13.5. The van der Waals surface area contributed by atoms with Crippen LogP contribution in [0.25, 0.3) is 0 Å². The average Bonchev–Trinajstić information content (AvgIpc) is 2.57. The minimum absolute atomic E-state index is 0. The van der Waals surface area contributed by atoms with Gasteiger partial charge in [0.25, 0.3) is 0 Å². The number of rotatable bonds is 3. The highest BCUT2D eigenvalue weighted by Gasteiger charge is 2.39. The molecule has 26 heavy (non-hydrogen) atoms. The first-order valence-corrected chi connectivity index (χ1v) is 8.78. The van der Waals surface area contributed by atoms with Gasteiger partial charge in [-0.1, -0.05) is 25.3 Å². The van der Waals surface area contributed by atoms with Crippen molar-refractivity contribution in [2.24, 2.45) is 5.92 Å². The number of nitrogens with one attached hydrogen (secondary N) is 1. The number of benzene rings is 1. The monoisotopic (exact) mass is 416 g/mol. The van der Waals surface area contributed by atoms with Crippen molar-refractivity contribution >= 4 is 24.8 Å². The predicted molar refractivity (Wildman–Crippen MR) is 99.7 cm³/mol. The molecule has 1 aliphatic heterocycles. The Bertz CT molecular complexity index is 539. The number of nitrogens with zero attached hydrogens (tertiary/aromatic N) is 1. The molecule has 1 aliphatic carbocycles. The van der Waals surface area contributed by atoms with Crippen molar-refractivity contribution in [3.63, 3.8) is 0 Å². The molecule has 1 heterocycles. The van der Waals surface area contributed by atoms with Crippen molar-refractivity contribution in [1.29, 1.82) is 0 Å². The Hall–Kier alpha value is -0.560. The molecule has 0 bridgehead atoms. The van der Waals surface area contributed by atoms with Crippen LogP contribution < -0.4 is 5.32 Å². The molecule has 8 heteroatoms. The number of hydrogen-bond donors (Lipinski definition) is 1. The highest BCUT2D eigenvalue weighted by atomic mass is 35.5. The van der Waals surface area contributed by atoms with Crippen LogP contribution in [0.1, 0.15) is 49.3 Å². The molecule has 1 aromatic carbocycles. The van der Waals surface area contributed by atoms with E-state index in [2.05, 4.69) is 10.2 Å². The van der Waals surface area contributed by atoms with Gasteiger partial charge in [-0.15, -0.1) is 24.8 Å². The van der Waals surface area contributed by atoms with Crippen molar-refractivity contribution in [2.45, 2.75) is 44.3 Å². The minimum atomic E-state index is -4.53. The van der Waals surface area contributed by atoms with E-state index in [-0.39, 0.29) is 42.3 Å². The highest BCUT2D eigenvalue weighted by Crippen LogP contribution is 2.43. The number of piperazine rings is 1. The van der Waals surface area contributed by atoms with Crippen molar-refractivity contribution in [3.05, 3.63) is 35.1 Å². The molecular weight excluding hydrogens is 391 g/mol. The summed E-state index contributed by atoms with van der Waals surface area (Å²) in [4.78, 5) is 2.16. The summed E-state index contributed by atoms with van der Waals surface area (Å²) in [5.41, 5.74) is -0.561. The van der Waals surface area contributed by atoms with E-state index in [9.17, 15) is 17.6 Å². The normalized spacial score (nSPS) is 20.8. The van der Waals surface area contributed by atoms with Crippen LogP contribution in [0.2, 0.25) is 0 Å². The van der Waals surface area contributed by atoms with Crippen LogP contribution in [0.15, 0.2) is 18.2 Å². The van der Waals surface area contributed by atoms with Crippen molar-refractivity contribution in [3.8, 4) is 0 Å². The minimum Gasteiger partial charge on any atom is -0.314 e. The van der Waals surface area contributed by atoms with Gasteiger partial charge in [-0.25, -0.2) is 4.39 Å². The average molecular weight is 417 g/mol. The van der Waals surface area contributed by atoms with Gasteiger partial charge in [-0.05, 0) is 36.5 Å². The Kier molecular flexibility index (Phi) is 9.13. The van der Waals surface area contributed by atoms with Gasteiger partial charge in [0.05, 0.1) is 5.56 Å². The smallest absolute Gasteiger partial charge is 0.314 e. The summed E-state index contributed by atoms with van der Waals surface area (Å²) >= 11 is 0. The van der Waals surface area contributed by atoms with Crippen molar-refractivity contribution < 1.29 is 17.6 Å². The van der Waals surface area contributed by atoms with Crippen LogP contribution in [-0.2, 0) is 6.18 Å². The summed E-state index contributed by atoms with van der Waals surface area (Å²) in [5.74, 6) is -0.614. The fraction of sp³-hybridized carbons (Fsp3) is 0.667. The molecule has 2 nitrogen and oxygen atoms in total. The zero-order valence-corrected chi connectivity index (χ0v) is 16.2. The van der Waals surface area contributed by atoms with E-state index in [4.69, 9.17) is 0 Å². The zero-order chi connectivity index (χ0) is 17.2. The summed E-state index contributed by atoms with van der Waals surface area (Å²) in [6, 6.07) is 2.92. The molecule has 0 spiro atoms. The molecule has 0 unspecified atom stereocenters. The van der Waals surface area contributed by atoms with Gasteiger partial charge in [-0.2, -0.15) is 13.2 Å².